The minimum Gasteiger partial charge on any atom is -0.399 e. The Morgan fingerprint density at radius 3 is 2.48 bits per heavy atom. The molecule has 0 radical (unpaired) electrons. The van der Waals surface area contributed by atoms with Crippen molar-refractivity contribution >= 4 is 23.4 Å². The number of hydrogen-bond donors (Lipinski definition) is 2. The summed E-state index contributed by atoms with van der Waals surface area (Å²) in [4.78, 5) is 11.9. The van der Waals surface area contributed by atoms with Crippen molar-refractivity contribution in [2.24, 2.45) is 0 Å². The average molecular weight is 300 g/mol. The van der Waals surface area contributed by atoms with Crippen LogP contribution in [-0.4, -0.2) is 11.7 Å². The van der Waals surface area contributed by atoms with Crippen molar-refractivity contribution in [2.75, 3.05) is 11.5 Å². The van der Waals surface area contributed by atoms with E-state index in [9.17, 15) is 4.79 Å². The fourth-order valence-corrected chi connectivity index (χ4v) is 2.78. The van der Waals surface area contributed by atoms with Crippen LogP contribution in [0.3, 0.4) is 0 Å². The van der Waals surface area contributed by atoms with E-state index in [1.54, 1.807) is 11.8 Å². The van der Waals surface area contributed by atoms with Gasteiger partial charge in [-0.3, -0.25) is 4.79 Å². The molecule has 0 spiro atoms. The van der Waals surface area contributed by atoms with E-state index < -0.39 is 0 Å². The lowest BCUT2D eigenvalue weighted by molar-refractivity contribution is -0.119. The maximum atomic E-state index is 11.9. The second-order valence-corrected chi connectivity index (χ2v) is 5.92. The van der Waals surface area contributed by atoms with E-state index >= 15 is 0 Å². The van der Waals surface area contributed by atoms with Gasteiger partial charge in [-0.25, -0.2) is 0 Å². The molecule has 3 nitrogen and oxygen atoms in total. The summed E-state index contributed by atoms with van der Waals surface area (Å²) in [7, 11) is 0. The van der Waals surface area contributed by atoms with Gasteiger partial charge in [0.05, 0.1) is 11.8 Å². The van der Waals surface area contributed by atoms with E-state index in [-0.39, 0.29) is 11.9 Å². The molecular formula is C17H20N2OS. The molecule has 2 aromatic carbocycles. The van der Waals surface area contributed by atoms with Gasteiger partial charge in [0.2, 0.25) is 5.91 Å². The molecule has 0 bridgehead atoms. The molecule has 1 unspecified atom stereocenters. The number of carbonyl (C=O) groups is 1. The normalized spacial score (nSPS) is 11.9. The molecule has 0 saturated carbocycles. The number of nitrogens with one attached hydrogen (secondary N) is 1. The fourth-order valence-electron chi connectivity index (χ4n) is 1.98. The van der Waals surface area contributed by atoms with Crippen LogP contribution in [0.1, 0.15) is 24.1 Å². The smallest absolute Gasteiger partial charge is 0.230 e. The Balaban J connectivity index is 1.73. The summed E-state index contributed by atoms with van der Waals surface area (Å²) in [6, 6.07) is 17.8. The molecule has 4 heteroatoms. The van der Waals surface area contributed by atoms with Crippen molar-refractivity contribution in [3.05, 3.63) is 65.7 Å². The summed E-state index contributed by atoms with van der Waals surface area (Å²) in [5.41, 5.74) is 8.70. The van der Waals surface area contributed by atoms with Crippen LogP contribution < -0.4 is 11.1 Å². The Morgan fingerprint density at radius 1 is 1.14 bits per heavy atom. The SMILES string of the molecule is CC(NC(=O)CSCc1ccc(N)cc1)c1ccccc1. The number of rotatable bonds is 6. The van der Waals surface area contributed by atoms with Gasteiger partial charge in [-0.05, 0) is 30.2 Å². The summed E-state index contributed by atoms with van der Waals surface area (Å²) in [6.07, 6.45) is 0. The predicted molar refractivity (Wildman–Crippen MR) is 90.0 cm³/mol. The minimum absolute atomic E-state index is 0.0378. The molecule has 21 heavy (non-hydrogen) atoms. The zero-order valence-corrected chi connectivity index (χ0v) is 12.9. The van der Waals surface area contributed by atoms with Crippen molar-refractivity contribution in [2.45, 2.75) is 18.7 Å². The van der Waals surface area contributed by atoms with Crippen molar-refractivity contribution in [1.29, 1.82) is 0 Å². The third-order valence-corrected chi connectivity index (χ3v) is 4.16. The molecule has 3 N–H and O–H groups in total. The van der Waals surface area contributed by atoms with Crippen LogP contribution in [0.25, 0.3) is 0 Å². The quantitative estimate of drug-likeness (QED) is 0.804. The van der Waals surface area contributed by atoms with E-state index in [2.05, 4.69) is 5.32 Å². The molecule has 1 amide bonds. The van der Waals surface area contributed by atoms with Gasteiger partial charge < -0.3 is 11.1 Å². The summed E-state index contributed by atoms with van der Waals surface area (Å²) in [5, 5.41) is 3.01. The van der Waals surface area contributed by atoms with Crippen LogP contribution in [0.5, 0.6) is 0 Å². The molecule has 0 aliphatic heterocycles. The van der Waals surface area contributed by atoms with Crippen molar-refractivity contribution in [1.82, 2.24) is 5.32 Å². The first-order chi connectivity index (χ1) is 10.1. The topological polar surface area (TPSA) is 55.1 Å². The van der Waals surface area contributed by atoms with Crippen LogP contribution in [0.4, 0.5) is 5.69 Å². The van der Waals surface area contributed by atoms with Crippen LogP contribution >= 0.6 is 11.8 Å². The van der Waals surface area contributed by atoms with Crippen LogP contribution in [-0.2, 0) is 10.5 Å². The highest BCUT2D eigenvalue weighted by molar-refractivity contribution is 7.99. The van der Waals surface area contributed by atoms with E-state index in [1.165, 1.54) is 5.56 Å². The lowest BCUT2D eigenvalue weighted by Crippen LogP contribution is -2.28. The second-order valence-electron chi connectivity index (χ2n) is 4.93. The first kappa shape index (κ1) is 15.4. The number of nitrogens with two attached hydrogens (primary N) is 1. The third-order valence-electron chi connectivity index (χ3n) is 3.16. The average Bonchev–Trinajstić information content (AvgIpc) is 2.50. The highest BCUT2D eigenvalue weighted by Crippen LogP contribution is 2.15. The first-order valence-corrected chi connectivity index (χ1v) is 8.07. The highest BCUT2D eigenvalue weighted by atomic mass is 32.2. The number of anilines is 1. The number of carbonyl (C=O) groups excluding carboxylic acids is 1. The van der Waals surface area contributed by atoms with Gasteiger partial charge in [0.25, 0.3) is 0 Å². The van der Waals surface area contributed by atoms with Gasteiger partial charge in [0, 0.05) is 11.4 Å². The van der Waals surface area contributed by atoms with Gasteiger partial charge in [-0.15, -0.1) is 11.8 Å². The second kappa shape index (κ2) is 7.74. The number of hydrogen-bond acceptors (Lipinski definition) is 3. The first-order valence-electron chi connectivity index (χ1n) is 6.91. The van der Waals surface area contributed by atoms with E-state index in [0.29, 0.717) is 5.75 Å². The molecule has 0 saturated heterocycles. The molecule has 2 aromatic rings. The lowest BCUT2D eigenvalue weighted by atomic mass is 10.1. The molecule has 0 aliphatic carbocycles. The molecule has 2 rings (SSSR count). The van der Waals surface area contributed by atoms with E-state index in [1.807, 2.05) is 61.5 Å². The maximum Gasteiger partial charge on any atom is 0.230 e. The number of benzene rings is 2. The zero-order chi connectivity index (χ0) is 15.1. The lowest BCUT2D eigenvalue weighted by Gasteiger charge is -2.14. The van der Waals surface area contributed by atoms with Crippen molar-refractivity contribution in [3.8, 4) is 0 Å². The largest absolute Gasteiger partial charge is 0.399 e. The standard InChI is InChI=1S/C17H20N2OS/c1-13(15-5-3-2-4-6-15)19-17(20)12-21-11-14-7-9-16(18)10-8-14/h2-10,13H,11-12,18H2,1H3,(H,19,20). The zero-order valence-electron chi connectivity index (χ0n) is 12.1. The highest BCUT2D eigenvalue weighted by Gasteiger charge is 2.08. The Labute approximate surface area is 129 Å². The number of thioether (sulfide) groups is 1. The predicted octanol–water partition coefficient (Wildman–Crippen LogP) is 3.38. The Hall–Kier alpha value is -1.94. The third kappa shape index (κ3) is 5.16. The molecule has 0 aliphatic rings. The fraction of sp³-hybridized carbons (Fsp3) is 0.235. The van der Waals surface area contributed by atoms with Crippen molar-refractivity contribution < 1.29 is 4.79 Å². The van der Waals surface area contributed by atoms with E-state index in [0.717, 1.165) is 17.0 Å². The Kier molecular flexibility index (Phi) is 5.69. The molecular weight excluding hydrogens is 280 g/mol. The molecule has 0 heterocycles. The Bertz CT molecular complexity index is 569. The van der Waals surface area contributed by atoms with Crippen LogP contribution in [0, 0.1) is 0 Å². The molecule has 1 atom stereocenters. The van der Waals surface area contributed by atoms with Crippen LogP contribution in [0.2, 0.25) is 0 Å². The van der Waals surface area contributed by atoms with Gasteiger partial charge >= 0.3 is 0 Å². The summed E-state index contributed by atoms with van der Waals surface area (Å²) in [6.45, 7) is 2.00. The monoisotopic (exact) mass is 300 g/mol. The summed E-state index contributed by atoms with van der Waals surface area (Å²) < 4.78 is 0. The van der Waals surface area contributed by atoms with Crippen LogP contribution in [0.15, 0.2) is 54.6 Å². The Morgan fingerprint density at radius 2 is 1.81 bits per heavy atom. The number of amides is 1. The van der Waals surface area contributed by atoms with Gasteiger partial charge in [0.15, 0.2) is 0 Å². The molecule has 0 aromatic heterocycles. The maximum absolute atomic E-state index is 11.9. The molecule has 0 fully saturated rings. The number of nitrogen functional groups attached to an aromatic ring is 1. The van der Waals surface area contributed by atoms with Gasteiger partial charge in [-0.1, -0.05) is 42.5 Å². The van der Waals surface area contributed by atoms with Gasteiger partial charge in [-0.2, -0.15) is 0 Å². The van der Waals surface area contributed by atoms with E-state index in [4.69, 9.17) is 5.73 Å². The van der Waals surface area contributed by atoms with Crippen molar-refractivity contribution in [3.63, 3.8) is 0 Å². The molecule has 110 valence electrons. The van der Waals surface area contributed by atoms with Gasteiger partial charge in [0.1, 0.15) is 0 Å². The summed E-state index contributed by atoms with van der Waals surface area (Å²) >= 11 is 1.60. The minimum atomic E-state index is 0.0378. The summed E-state index contributed by atoms with van der Waals surface area (Å²) in [5.74, 6) is 1.33.